The summed E-state index contributed by atoms with van der Waals surface area (Å²) in [7, 11) is 0. The van der Waals surface area contributed by atoms with Gasteiger partial charge in [0.2, 0.25) is 5.91 Å². The van der Waals surface area contributed by atoms with Gasteiger partial charge in [-0.05, 0) is 6.07 Å². The van der Waals surface area contributed by atoms with Crippen LogP contribution in [0, 0.1) is 0 Å². The van der Waals surface area contributed by atoms with Crippen molar-refractivity contribution in [2.24, 2.45) is 0 Å². The highest BCUT2D eigenvalue weighted by Gasteiger charge is 2.34. The van der Waals surface area contributed by atoms with Crippen LogP contribution in [0.5, 0.6) is 5.75 Å². The number of benzene rings is 1. The van der Waals surface area contributed by atoms with Crippen LogP contribution < -0.4 is 16.7 Å². The fourth-order valence-corrected chi connectivity index (χ4v) is 1.96. The molecule has 124 valence electrons. The number of rotatable bonds is 3. The summed E-state index contributed by atoms with van der Waals surface area (Å²) in [5, 5.41) is 14.6. The molecule has 0 aliphatic rings. The van der Waals surface area contributed by atoms with Crippen LogP contribution in [0.25, 0.3) is 0 Å². The Morgan fingerprint density at radius 3 is 2.35 bits per heavy atom. The van der Waals surface area contributed by atoms with Gasteiger partial charge < -0.3 is 10.4 Å². The Morgan fingerprint density at radius 2 is 1.83 bits per heavy atom. The van der Waals surface area contributed by atoms with Crippen molar-refractivity contribution in [1.82, 2.24) is 14.8 Å². The lowest BCUT2D eigenvalue weighted by atomic mass is 10.1. The monoisotopic (exact) mass is 352 g/mol. The maximum Gasteiger partial charge on any atom is 0.417 e. The van der Waals surface area contributed by atoms with Crippen LogP contribution in [-0.2, 0) is 17.5 Å². The Bertz CT molecular complexity index is 840. The van der Waals surface area contributed by atoms with E-state index in [9.17, 15) is 32.7 Å². The number of nitrogens with one attached hydrogen (secondary N) is 3. The molecule has 1 heterocycles. The van der Waals surface area contributed by atoms with E-state index >= 15 is 0 Å². The number of hydrogen-bond donors (Lipinski definition) is 4. The Hall–Kier alpha value is -2.69. The Morgan fingerprint density at radius 1 is 1.26 bits per heavy atom. The fourth-order valence-electron chi connectivity index (χ4n) is 1.69. The van der Waals surface area contributed by atoms with Crippen molar-refractivity contribution < 1.29 is 23.1 Å². The zero-order valence-electron chi connectivity index (χ0n) is 11.0. The summed E-state index contributed by atoms with van der Waals surface area (Å²) in [5.41, 5.74) is -3.63. The number of anilines is 1. The number of H-pyrrole nitrogens is 2. The van der Waals surface area contributed by atoms with Crippen molar-refractivity contribution in [3.63, 3.8) is 0 Å². The van der Waals surface area contributed by atoms with Gasteiger partial charge in [-0.1, -0.05) is 11.6 Å². The van der Waals surface area contributed by atoms with Gasteiger partial charge >= 0.3 is 17.6 Å². The van der Waals surface area contributed by atoms with Crippen LogP contribution in [0.2, 0.25) is 5.02 Å². The average Bonchev–Trinajstić information content (AvgIpc) is 2.72. The smallest absolute Gasteiger partial charge is 0.417 e. The summed E-state index contributed by atoms with van der Waals surface area (Å²) in [6.07, 6.45) is -4.79. The number of alkyl halides is 3. The van der Waals surface area contributed by atoms with Crippen LogP contribution in [0.15, 0.2) is 21.7 Å². The topological polar surface area (TPSA) is 120 Å². The highest BCUT2D eigenvalue weighted by molar-refractivity contribution is 6.31. The highest BCUT2D eigenvalue weighted by Crippen LogP contribution is 2.39. The molecule has 0 fully saturated rings. The van der Waals surface area contributed by atoms with Crippen LogP contribution in [-0.4, -0.2) is 25.8 Å². The first-order valence-corrected chi connectivity index (χ1v) is 6.24. The molecule has 0 atom stereocenters. The van der Waals surface area contributed by atoms with E-state index in [-0.39, 0.29) is 0 Å². The minimum Gasteiger partial charge on any atom is -0.506 e. The summed E-state index contributed by atoms with van der Waals surface area (Å²) in [4.78, 5) is 34.1. The largest absolute Gasteiger partial charge is 0.506 e. The Balaban J connectivity index is 2.28. The van der Waals surface area contributed by atoms with E-state index in [4.69, 9.17) is 11.6 Å². The summed E-state index contributed by atoms with van der Waals surface area (Å²) in [6.45, 7) is -0.763. The third-order valence-corrected chi connectivity index (χ3v) is 3.05. The molecule has 0 bridgehead atoms. The van der Waals surface area contributed by atoms with Gasteiger partial charge in [0.1, 0.15) is 12.3 Å². The van der Waals surface area contributed by atoms with Gasteiger partial charge in [-0.15, -0.1) is 0 Å². The van der Waals surface area contributed by atoms with E-state index in [0.717, 1.165) is 0 Å². The molecule has 0 spiro atoms. The number of nitrogens with zero attached hydrogens (tertiary/aromatic N) is 1. The molecule has 2 rings (SSSR count). The van der Waals surface area contributed by atoms with Crippen LogP contribution in [0.4, 0.5) is 18.9 Å². The van der Waals surface area contributed by atoms with Gasteiger partial charge in [-0.2, -0.15) is 13.2 Å². The standard InChI is InChI=1S/C11H8ClF3N4O4/c12-5-2-7(20)6(1-4(5)11(13,14)15)16-8(21)3-19-9(22)17-18-10(19)23/h1-2,20H,3H2,(H,16,21)(H,17,22)(H,18,23). The summed E-state index contributed by atoms with van der Waals surface area (Å²) >= 11 is 5.39. The molecule has 4 N–H and O–H groups in total. The number of amides is 1. The Kier molecular flexibility index (Phi) is 4.23. The van der Waals surface area contributed by atoms with Crippen molar-refractivity contribution in [1.29, 1.82) is 0 Å². The number of phenols is 1. The number of phenolic OH excluding ortho intramolecular Hbond substituents is 1. The third-order valence-electron chi connectivity index (χ3n) is 2.73. The molecule has 12 heteroatoms. The van der Waals surface area contributed by atoms with Gasteiger partial charge in [-0.25, -0.2) is 24.4 Å². The molecule has 0 aliphatic carbocycles. The molecule has 0 radical (unpaired) electrons. The number of aromatic hydroxyl groups is 1. The second kappa shape index (κ2) is 5.83. The lowest BCUT2D eigenvalue weighted by molar-refractivity contribution is -0.137. The number of carbonyl (C=O) groups excluding carboxylic acids is 1. The second-order valence-corrected chi connectivity index (χ2v) is 4.75. The maximum atomic E-state index is 12.7. The van der Waals surface area contributed by atoms with E-state index in [1.54, 1.807) is 0 Å². The molecular formula is C11H8ClF3N4O4. The molecule has 1 amide bonds. The van der Waals surface area contributed by atoms with E-state index in [1.165, 1.54) is 0 Å². The first kappa shape index (κ1) is 16.7. The Labute approximate surface area is 129 Å². The van der Waals surface area contributed by atoms with Crippen molar-refractivity contribution in [2.75, 3.05) is 5.32 Å². The van der Waals surface area contributed by atoms with E-state index < -0.39 is 52.0 Å². The normalized spacial score (nSPS) is 11.5. The molecule has 0 saturated carbocycles. The van der Waals surface area contributed by atoms with Gasteiger partial charge in [0.05, 0.1) is 16.3 Å². The number of halogens is 4. The van der Waals surface area contributed by atoms with Crippen molar-refractivity contribution in [3.8, 4) is 5.75 Å². The molecule has 8 nitrogen and oxygen atoms in total. The number of carbonyl (C=O) groups is 1. The van der Waals surface area contributed by atoms with Crippen molar-refractivity contribution >= 4 is 23.2 Å². The van der Waals surface area contributed by atoms with E-state index in [1.807, 2.05) is 15.5 Å². The number of hydrogen-bond acceptors (Lipinski definition) is 4. The van der Waals surface area contributed by atoms with Gasteiger partial charge in [-0.3, -0.25) is 4.79 Å². The molecule has 0 aliphatic heterocycles. The molecular weight excluding hydrogens is 345 g/mol. The summed E-state index contributed by atoms with van der Waals surface area (Å²) < 4.78 is 38.7. The molecule has 1 aromatic heterocycles. The fraction of sp³-hybridized carbons (Fsp3) is 0.182. The predicted molar refractivity (Wildman–Crippen MR) is 72.4 cm³/mol. The van der Waals surface area contributed by atoms with Gasteiger partial charge in [0.25, 0.3) is 0 Å². The number of aromatic amines is 2. The van der Waals surface area contributed by atoms with Crippen LogP contribution in [0.1, 0.15) is 5.56 Å². The zero-order valence-corrected chi connectivity index (χ0v) is 11.7. The molecule has 2 aromatic rings. The highest BCUT2D eigenvalue weighted by atomic mass is 35.5. The van der Waals surface area contributed by atoms with E-state index in [0.29, 0.717) is 16.7 Å². The minimum absolute atomic E-state index is 0.444. The average molecular weight is 353 g/mol. The quantitative estimate of drug-likeness (QED) is 0.613. The first-order valence-electron chi connectivity index (χ1n) is 5.86. The number of aromatic nitrogens is 3. The van der Waals surface area contributed by atoms with Crippen molar-refractivity contribution in [3.05, 3.63) is 43.7 Å². The van der Waals surface area contributed by atoms with Gasteiger partial charge in [0.15, 0.2) is 0 Å². The molecule has 23 heavy (non-hydrogen) atoms. The molecule has 0 unspecified atom stereocenters. The molecule has 1 aromatic carbocycles. The summed E-state index contributed by atoms with van der Waals surface area (Å²) in [5.74, 6) is -1.70. The lowest BCUT2D eigenvalue weighted by Crippen LogP contribution is -2.32. The SMILES string of the molecule is O=C(Cn1c(=O)[nH][nH]c1=O)Nc1cc(C(F)(F)F)c(Cl)cc1O. The minimum atomic E-state index is -4.79. The maximum absolute atomic E-state index is 12.7. The third kappa shape index (κ3) is 3.56. The lowest BCUT2D eigenvalue weighted by Gasteiger charge is -2.13. The predicted octanol–water partition coefficient (Wildman–Crippen LogP) is 0.881. The second-order valence-electron chi connectivity index (χ2n) is 4.34. The van der Waals surface area contributed by atoms with Crippen LogP contribution in [0.3, 0.4) is 0 Å². The first-order chi connectivity index (χ1) is 10.6. The van der Waals surface area contributed by atoms with Gasteiger partial charge in [0, 0.05) is 6.07 Å². The molecule has 0 saturated heterocycles. The zero-order chi connectivity index (χ0) is 17.4. The van der Waals surface area contributed by atoms with Crippen LogP contribution >= 0.6 is 11.6 Å². The van der Waals surface area contributed by atoms with Crippen molar-refractivity contribution in [2.45, 2.75) is 12.7 Å². The summed E-state index contributed by atoms with van der Waals surface area (Å²) in [6, 6.07) is 1.06. The van der Waals surface area contributed by atoms with E-state index in [2.05, 4.69) is 0 Å².